The fraction of sp³-hybridized carbons (Fsp3) is 0.917. The van der Waals surface area contributed by atoms with Gasteiger partial charge < -0.3 is 14.7 Å². The normalized spacial score (nSPS) is 41.9. The van der Waals surface area contributed by atoms with E-state index in [1.165, 1.54) is 6.42 Å². The highest BCUT2D eigenvalue weighted by atomic mass is 16.5. The van der Waals surface area contributed by atoms with Gasteiger partial charge in [-0.2, -0.15) is 0 Å². The molecule has 0 aromatic carbocycles. The molecule has 4 heteroatoms. The molecule has 3 unspecified atom stereocenters. The third-order valence-electron chi connectivity index (χ3n) is 4.25. The summed E-state index contributed by atoms with van der Waals surface area (Å²) in [6.45, 7) is 1.85. The lowest BCUT2D eigenvalue weighted by Gasteiger charge is -2.33. The summed E-state index contributed by atoms with van der Waals surface area (Å²) in [6, 6.07) is 0. The van der Waals surface area contributed by atoms with Crippen molar-refractivity contribution >= 4 is 5.91 Å². The second kappa shape index (κ2) is 4.00. The molecule has 3 rings (SSSR count). The topological polar surface area (TPSA) is 49.8 Å². The summed E-state index contributed by atoms with van der Waals surface area (Å²) in [5.74, 6) is 2.27. The Morgan fingerprint density at radius 2 is 2.06 bits per heavy atom. The number of fused-ring (bicyclic) bond motifs is 1. The number of amides is 1. The second-order valence-electron chi connectivity index (χ2n) is 5.38. The van der Waals surface area contributed by atoms with Gasteiger partial charge >= 0.3 is 0 Å². The maximum Gasteiger partial charge on any atom is 0.225 e. The largest absolute Gasteiger partial charge is 0.394 e. The molecule has 1 N–H and O–H groups in total. The molecule has 3 fully saturated rings. The van der Waals surface area contributed by atoms with Gasteiger partial charge in [0.1, 0.15) is 0 Å². The maximum atomic E-state index is 12.2. The molecule has 3 aliphatic rings. The zero-order valence-electron chi connectivity index (χ0n) is 9.47. The van der Waals surface area contributed by atoms with Gasteiger partial charge in [-0.05, 0) is 31.1 Å². The molecule has 3 atom stereocenters. The van der Waals surface area contributed by atoms with E-state index < -0.39 is 0 Å². The number of rotatable bonds is 2. The standard InChI is InChI=1S/C12H19NO3/c14-7-11-6-13(1-2-16-11)12(15)10-4-8-3-9(8)5-10/h8-11,14H,1-7H2. The van der Waals surface area contributed by atoms with Crippen LogP contribution in [0.1, 0.15) is 19.3 Å². The smallest absolute Gasteiger partial charge is 0.225 e. The Kier molecular flexibility index (Phi) is 2.64. The van der Waals surface area contributed by atoms with Gasteiger partial charge in [0.05, 0.1) is 19.3 Å². The highest BCUT2D eigenvalue weighted by Crippen LogP contribution is 2.54. The Balaban J connectivity index is 1.57. The van der Waals surface area contributed by atoms with Crippen molar-refractivity contribution in [3.8, 4) is 0 Å². The minimum atomic E-state index is -0.173. The molecule has 16 heavy (non-hydrogen) atoms. The van der Waals surface area contributed by atoms with Gasteiger partial charge in [0.2, 0.25) is 5.91 Å². The second-order valence-corrected chi connectivity index (χ2v) is 5.38. The van der Waals surface area contributed by atoms with Crippen molar-refractivity contribution in [2.45, 2.75) is 25.4 Å². The van der Waals surface area contributed by atoms with Crippen molar-refractivity contribution in [2.75, 3.05) is 26.3 Å². The highest BCUT2D eigenvalue weighted by molar-refractivity contribution is 5.79. The first-order valence-electron chi connectivity index (χ1n) is 6.29. The Hall–Kier alpha value is -0.610. The minimum Gasteiger partial charge on any atom is -0.394 e. The number of hydrogen-bond acceptors (Lipinski definition) is 3. The molecule has 0 aromatic heterocycles. The van der Waals surface area contributed by atoms with E-state index >= 15 is 0 Å². The highest BCUT2D eigenvalue weighted by Gasteiger charge is 2.49. The van der Waals surface area contributed by atoms with Crippen molar-refractivity contribution in [3.05, 3.63) is 0 Å². The maximum absolute atomic E-state index is 12.2. The molecular weight excluding hydrogens is 206 g/mol. The van der Waals surface area contributed by atoms with Gasteiger partial charge in [0.15, 0.2) is 0 Å². The van der Waals surface area contributed by atoms with Gasteiger partial charge in [-0.3, -0.25) is 4.79 Å². The van der Waals surface area contributed by atoms with E-state index in [2.05, 4.69) is 0 Å². The van der Waals surface area contributed by atoms with Crippen molar-refractivity contribution in [3.63, 3.8) is 0 Å². The molecule has 2 saturated carbocycles. The van der Waals surface area contributed by atoms with Gasteiger partial charge in [-0.15, -0.1) is 0 Å². The number of carbonyl (C=O) groups excluding carboxylic acids is 1. The van der Waals surface area contributed by atoms with Crippen molar-refractivity contribution < 1.29 is 14.6 Å². The molecule has 1 amide bonds. The lowest BCUT2D eigenvalue weighted by molar-refractivity contribution is -0.144. The summed E-state index contributed by atoms with van der Waals surface area (Å²) in [4.78, 5) is 14.1. The van der Waals surface area contributed by atoms with Crippen LogP contribution in [-0.2, 0) is 9.53 Å². The molecule has 90 valence electrons. The van der Waals surface area contributed by atoms with Gasteiger partial charge in [0, 0.05) is 19.0 Å². The predicted molar refractivity (Wildman–Crippen MR) is 57.7 cm³/mol. The van der Waals surface area contributed by atoms with Crippen LogP contribution in [0.15, 0.2) is 0 Å². The molecule has 0 radical (unpaired) electrons. The number of ether oxygens (including phenoxy) is 1. The Morgan fingerprint density at radius 1 is 1.31 bits per heavy atom. The lowest BCUT2D eigenvalue weighted by Crippen LogP contribution is -2.48. The molecule has 1 saturated heterocycles. The average Bonchev–Trinajstić information content (AvgIpc) is 2.95. The molecule has 4 nitrogen and oxygen atoms in total. The predicted octanol–water partition coefficient (Wildman–Crippen LogP) is 0.252. The van der Waals surface area contributed by atoms with E-state index in [1.54, 1.807) is 0 Å². The molecule has 1 aliphatic heterocycles. The van der Waals surface area contributed by atoms with Gasteiger partial charge in [-0.1, -0.05) is 0 Å². The van der Waals surface area contributed by atoms with E-state index in [-0.39, 0.29) is 18.6 Å². The number of carbonyl (C=O) groups is 1. The first kappa shape index (κ1) is 10.5. The van der Waals surface area contributed by atoms with E-state index in [0.717, 1.165) is 24.7 Å². The van der Waals surface area contributed by atoms with Crippen LogP contribution >= 0.6 is 0 Å². The summed E-state index contributed by atoms with van der Waals surface area (Å²) in [7, 11) is 0. The number of aliphatic hydroxyl groups is 1. The summed E-state index contributed by atoms with van der Waals surface area (Å²) in [6.07, 6.45) is 3.38. The van der Waals surface area contributed by atoms with Crippen molar-refractivity contribution in [1.82, 2.24) is 4.90 Å². The molecular formula is C12H19NO3. The molecule has 0 spiro atoms. The zero-order chi connectivity index (χ0) is 11.1. The van der Waals surface area contributed by atoms with E-state index in [9.17, 15) is 4.79 Å². The molecule has 2 aliphatic carbocycles. The third-order valence-corrected chi connectivity index (χ3v) is 4.25. The fourth-order valence-electron chi connectivity index (χ4n) is 3.20. The summed E-state index contributed by atoms with van der Waals surface area (Å²) < 4.78 is 5.36. The molecule has 0 aromatic rings. The van der Waals surface area contributed by atoms with Crippen molar-refractivity contribution in [2.24, 2.45) is 17.8 Å². The SMILES string of the molecule is O=C(C1CC2CC2C1)N1CCOC(CO)C1. The summed E-state index contributed by atoms with van der Waals surface area (Å²) >= 11 is 0. The van der Waals surface area contributed by atoms with Crippen molar-refractivity contribution in [1.29, 1.82) is 0 Å². The van der Waals surface area contributed by atoms with Gasteiger partial charge in [0.25, 0.3) is 0 Å². The number of aliphatic hydroxyl groups excluding tert-OH is 1. The van der Waals surface area contributed by atoms with Crippen LogP contribution in [0.4, 0.5) is 0 Å². The number of nitrogens with zero attached hydrogens (tertiary/aromatic N) is 1. The molecule has 1 heterocycles. The first-order valence-corrected chi connectivity index (χ1v) is 6.29. The minimum absolute atomic E-state index is 0.0136. The van der Waals surface area contributed by atoms with Gasteiger partial charge in [-0.25, -0.2) is 0 Å². The van der Waals surface area contributed by atoms with E-state index in [1.807, 2.05) is 4.90 Å². The van der Waals surface area contributed by atoms with Crippen LogP contribution in [0.5, 0.6) is 0 Å². The monoisotopic (exact) mass is 225 g/mol. The van der Waals surface area contributed by atoms with Crippen LogP contribution in [-0.4, -0.2) is 48.3 Å². The quantitative estimate of drug-likeness (QED) is 0.733. The van der Waals surface area contributed by atoms with Crippen LogP contribution in [0.25, 0.3) is 0 Å². The van der Waals surface area contributed by atoms with E-state index in [4.69, 9.17) is 9.84 Å². The van der Waals surface area contributed by atoms with Crippen LogP contribution in [0.3, 0.4) is 0 Å². The van der Waals surface area contributed by atoms with E-state index in [0.29, 0.717) is 25.6 Å². The fourth-order valence-corrected chi connectivity index (χ4v) is 3.20. The number of morpholine rings is 1. The average molecular weight is 225 g/mol. The summed E-state index contributed by atoms with van der Waals surface area (Å²) in [5.41, 5.74) is 0. The lowest BCUT2D eigenvalue weighted by atomic mass is 10.0. The van der Waals surface area contributed by atoms with Crippen LogP contribution in [0, 0.1) is 17.8 Å². The van der Waals surface area contributed by atoms with Crippen LogP contribution < -0.4 is 0 Å². The first-order chi connectivity index (χ1) is 7.78. The third kappa shape index (κ3) is 1.84. The zero-order valence-corrected chi connectivity index (χ0v) is 9.47. The Morgan fingerprint density at radius 3 is 2.75 bits per heavy atom. The number of hydrogen-bond donors (Lipinski definition) is 1. The Labute approximate surface area is 95.6 Å². The molecule has 0 bridgehead atoms. The summed E-state index contributed by atoms with van der Waals surface area (Å²) in [5, 5.41) is 9.04. The Bertz CT molecular complexity index is 284. The van der Waals surface area contributed by atoms with Crippen LogP contribution in [0.2, 0.25) is 0 Å².